The Morgan fingerprint density at radius 3 is 1.10 bits per heavy atom. The number of thioether (sulfide) groups is 3. The van der Waals surface area contributed by atoms with Gasteiger partial charge in [-0.15, -0.1) is 0 Å². The maximum atomic E-state index is 4.19. The molecular weight excluding hydrogens is 777 g/mol. The minimum atomic E-state index is 0. The lowest BCUT2D eigenvalue weighted by molar-refractivity contribution is -0.727. The normalized spacial score (nSPS) is 14.0. The molecule has 3 aliphatic heterocycles. The molecule has 0 unspecified atom stereocenters. The lowest BCUT2D eigenvalue weighted by Gasteiger charge is -1.85. The van der Waals surface area contributed by atoms with Crippen molar-refractivity contribution in [1.82, 2.24) is 15.0 Å². The Hall–Kier alpha value is 0.480. The number of halogens is 3. The Balaban J connectivity index is 0.000000214. The smallest absolute Gasteiger partial charge is 0.359 e. The summed E-state index contributed by atoms with van der Waals surface area (Å²) >= 11 is 5.46. The van der Waals surface area contributed by atoms with Crippen LogP contribution >= 0.6 is 35.3 Å². The van der Waals surface area contributed by atoms with Gasteiger partial charge in [-0.2, -0.15) is 0 Å². The maximum Gasteiger partial charge on any atom is 0.359 e. The highest BCUT2D eigenvalue weighted by Gasteiger charge is 2.19. The fraction of sp³-hybridized carbons (Fsp3) is 0.333. The number of rotatable bonds is 0. The number of fused-ring (bicyclic) bond motifs is 3. The molecule has 0 saturated carbocycles. The molecule has 3 aromatic rings. The summed E-state index contributed by atoms with van der Waals surface area (Å²) < 4.78 is 6.51. The van der Waals surface area contributed by atoms with Gasteiger partial charge >= 0.3 is 15.5 Å². The van der Waals surface area contributed by atoms with Gasteiger partial charge in [0.05, 0.1) is 18.6 Å². The molecule has 0 bridgehead atoms. The summed E-state index contributed by atoms with van der Waals surface area (Å²) in [6.07, 6.45) is 11.7. The number of aromatic nitrogens is 6. The quantitative estimate of drug-likeness (QED) is 0.128. The molecule has 0 N–H and O–H groups in total. The molecule has 3 aliphatic rings. The topological polar surface area (TPSA) is 50.3 Å². The van der Waals surface area contributed by atoms with E-state index in [1.165, 1.54) is 17.3 Å². The van der Waals surface area contributed by atoms with E-state index in [0.29, 0.717) is 0 Å². The first kappa shape index (κ1) is 28.5. The van der Waals surface area contributed by atoms with Gasteiger partial charge in [0, 0.05) is 35.5 Å². The molecule has 0 aromatic carbocycles. The predicted molar refractivity (Wildman–Crippen MR) is 105 cm³/mol. The first-order valence-electron chi connectivity index (χ1n) is 8.82. The molecule has 3 aromatic heterocycles. The largest absolute Gasteiger partial charge is 1.00 e. The van der Waals surface area contributed by atoms with E-state index >= 15 is 0 Å². The number of aryl methyl sites for hydroxylation is 3. The van der Waals surface area contributed by atoms with Crippen LogP contribution in [0, 0.1) is 0 Å². The average molecular weight is 798 g/mol. The second-order valence-electron chi connectivity index (χ2n) is 5.83. The van der Waals surface area contributed by atoms with Crippen molar-refractivity contribution in [1.29, 1.82) is 0 Å². The Labute approximate surface area is 240 Å². The highest BCUT2D eigenvalue weighted by atomic mass is 127. The van der Waals surface area contributed by atoms with Gasteiger partial charge in [-0.3, -0.25) is 0 Å². The zero-order valence-corrected chi connectivity index (χ0v) is 24.9. The van der Waals surface area contributed by atoms with Crippen molar-refractivity contribution >= 4 is 35.3 Å². The molecule has 162 valence electrons. The van der Waals surface area contributed by atoms with Gasteiger partial charge in [0.15, 0.2) is 0 Å². The summed E-state index contributed by atoms with van der Waals surface area (Å²) in [5.41, 5.74) is 0. The summed E-state index contributed by atoms with van der Waals surface area (Å²) in [4.78, 5) is 12.6. The standard InChI is InChI=1S/3C6H7N2S.3HI/c3*1-2-7-6-8(3-1)4-5-9-6;;;/h3*1-3H,4-5H2;3*1H/q3*+1;;;/p-3. The lowest BCUT2D eigenvalue weighted by Crippen LogP contribution is -3.00. The third-order valence-corrected chi connectivity index (χ3v) is 6.99. The molecule has 0 atom stereocenters. The molecule has 0 fully saturated rings. The van der Waals surface area contributed by atoms with E-state index in [4.69, 9.17) is 0 Å². The minimum absolute atomic E-state index is 0. The molecule has 30 heavy (non-hydrogen) atoms. The van der Waals surface area contributed by atoms with E-state index in [1.807, 2.05) is 72.1 Å². The fourth-order valence-electron chi connectivity index (χ4n) is 2.74. The first-order chi connectivity index (χ1) is 13.4. The predicted octanol–water partition coefficient (Wildman–Crippen LogP) is -7.56. The lowest BCUT2D eigenvalue weighted by atomic mass is 10.6. The molecule has 0 radical (unpaired) electrons. The van der Waals surface area contributed by atoms with Crippen LogP contribution in [0.4, 0.5) is 0 Å². The number of hydrogen-bond donors (Lipinski definition) is 0. The Kier molecular flexibility index (Phi) is 14.6. The van der Waals surface area contributed by atoms with Crippen LogP contribution in [0.3, 0.4) is 0 Å². The second kappa shape index (κ2) is 15.3. The first-order valence-corrected chi connectivity index (χ1v) is 11.8. The zero-order chi connectivity index (χ0) is 18.3. The van der Waals surface area contributed by atoms with Gasteiger partial charge in [0.1, 0.15) is 38.2 Å². The van der Waals surface area contributed by atoms with Crippen molar-refractivity contribution in [3.63, 3.8) is 0 Å². The van der Waals surface area contributed by atoms with Crippen molar-refractivity contribution in [3.05, 3.63) is 55.4 Å². The summed E-state index contributed by atoms with van der Waals surface area (Å²) in [6, 6.07) is 5.90. The van der Waals surface area contributed by atoms with Crippen LogP contribution in [0.2, 0.25) is 0 Å². The zero-order valence-electron chi connectivity index (χ0n) is 16.0. The summed E-state index contributed by atoms with van der Waals surface area (Å²) in [5.74, 6) is 3.53. The van der Waals surface area contributed by atoms with Gasteiger partial charge in [0.25, 0.3) is 0 Å². The van der Waals surface area contributed by atoms with Crippen LogP contribution in [-0.2, 0) is 19.6 Å². The van der Waals surface area contributed by atoms with Crippen molar-refractivity contribution < 1.29 is 85.6 Å². The monoisotopic (exact) mass is 798 g/mol. The Morgan fingerprint density at radius 1 is 0.533 bits per heavy atom. The summed E-state index contributed by atoms with van der Waals surface area (Å²) in [7, 11) is 0. The SMILES string of the molecule is [I-].[I-].[I-].c1cnc2[n+](c1)CCS2.c1cnc2[n+](c1)CCS2.c1cnc2[n+](c1)CCS2. The van der Waals surface area contributed by atoms with E-state index in [9.17, 15) is 0 Å². The van der Waals surface area contributed by atoms with E-state index in [0.717, 1.165) is 35.1 Å². The maximum absolute atomic E-state index is 4.19. The molecule has 6 heterocycles. The van der Waals surface area contributed by atoms with Gasteiger partial charge in [-0.05, 0) is 50.2 Å². The fourth-order valence-corrected chi connectivity index (χ4v) is 5.51. The van der Waals surface area contributed by atoms with Crippen molar-refractivity contribution in [2.45, 2.75) is 35.1 Å². The summed E-state index contributed by atoms with van der Waals surface area (Å²) in [6.45, 7) is 3.36. The summed E-state index contributed by atoms with van der Waals surface area (Å²) in [5, 5.41) is 3.45. The van der Waals surface area contributed by atoms with E-state index in [2.05, 4.69) is 47.2 Å². The van der Waals surface area contributed by atoms with Crippen LogP contribution < -0.4 is 85.6 Å². The van der Waals surface area contributed by atoms with Gasteiger partial charge < -0.3 is 71.9 Å². The van der Waals surface area contributed by atoms with Crippen molar-refractivity contribution in [3.8, 4) is 0 Å². The molecule has 0 aliphatic carbocycles. The molecule has 12 heteroatoms. The van der Waals surface area contributed by atoms with Gasteiger partial charge in [0.2, 0.25) is 0 Å². The van der Waals surface area contributed by atoms with Gasteiger partial charge in [-0.25, -0.2) is 13.7 Å². The Bertz CT molecular complexity index is 735. The third-order valence-electron chi connectivity index (χ3n) is 4.04. The second-order valence-corrected chi connectivity index (χ2v) is 9.02. The van der Waals surface area contributed by atoms with Crippen LogP contribution in [0.15, 0.2) is 70.8 Å². The van der Waals surface area contributed by atoms with E-state index in [1.54, 1.807) is 0 Å². The number of nitrogens with zero attached hydrogens (tertiary/aromatic N) is 6. The highest BCUT2D eigenvalue weighted by Crippen LogP contribution is 2.15. The van der Waals surface area contributed by atoms with Crippen molar-refractivity contribution in [2.24, 2.45) is 0 Å². The van der Waals surface area contributed by atoms with Crippen molar-refractivity contribution in [2.75, 3.05) is 17.3 Å². The Morgan fingerprint density at radius 2 is 0.833 bits per heavy atom. The van der Waals surface area contributed by atoms with Gasteiger partial charge in [-0.1, -0.05) is 0 Å². The average Bonchev–Trinajstić information content (AvgIpc) is 3.48. The van der Waals surface area contributed by atoms with Crippen LogP contribution in [-0.4, -0.2) is 32.2 Å². The molecule has 6 nitrogen and oxygen atoms in total. The molecular formula is C18H21I3N6S3. The molecule has 6 rings (SSSR count). The van der Waals surface area contributed by atoms with E-state index in [-0.39, 0.29) is 71.9 Å². The van der Waals surface area contributed by atoms with Crippen LogP contribution in [0.25, 0.3) is 0 Å². The minimum Gasteiger partial charge on any atom is -1.00 e. The van der Waals surface area contributed by atoms with Crippen LogP contribution in [0.5, 0.6) is 0 Å². The third kappa shape index (κ3) is 8.12. The molecule has 0 spiro atoms. The number of hydrogen-bond acceptors (Lipinski definition) is 6. The molecule has 0 saturated heterocycles. The highest BCUT2D eigenvalue weighted by molar-refractivity contribution is 7.99. The van der Waals surface area contributed by atoms with Crippen LogP contribution in [0.1, 0.15) is 0 Å². The molecule has 0 amide bonds. The van der Waals surface area contributed by atoms with E-state index < -0.39 is 0 Å².